The second-order valence-electron chi connectivity index (χ2n) is 5.87. The van der Waals surface area contributed by atoms with E-state index in [-0.39, 0.29) is 5.69 Å². The van der Waals surface area contributed by atoms with E-state index in [0.29, 0.717) is 33.5 Å². The number of halogens is 1. The lowest BCUT2D eigenvalue weighted by Crippen LogP contribution is -2.14. The Hall–Kier alpha value is -3.63. The molecule has 0 bridgehead atoms. The molecule has 8 heteroatoms. The van der Waals surface area contributed by atoms with Gasteiger partial charge >= 0.3 is 0 Å². The van der Waals surface area contributed by atoms with E-state index in [0.717, 1.165) is 5.56 Å². The lowest BCUT2D eigenvalue weighted by atomic mass is 10.2. The first kappa shape index (κ1) is 19.1. The van der Waals surface area contributed by atoms with E-state index >= 15 is 0 Å². The molecule has 0 radical (unpaired) electrons. The van der Waals surface area contributed by atoms with Crippen LogP contribution in [0.25, 0.3) is 0 Å². The van der Waals surface area contributed by atoms with Crippen molar-refractivity contribution in [2.24, 2.45) is 0 Å². The van der Waals surface area contributed by atoms with Crippen molar-refractivity contribution in [1.82, 2.24) is 10.2 Å². The summed E-state index contributed by atoms with van der Waals surface area (Å²) < 4.78 is 5.32. The van der Waals surface area contributed by atoms with Crippen LogP contribution in [-0.2, 0) is 0 Å². The average molecular weight is 394 g/mol. The van der Waals surface area contributed by atoms with Gasteiger partial charge in [0.15, 0.2) is 11.5 Å². The molecule has 0 aliphatic heterocycles. The van der Waals surface area contributed by atoms with Crippen molar-refractivity contribution in [3.63, 3.8) is 0 Å². The molecule has 2 aromatic carbocycles. The number of carbonyl (C=O) groups excluding carboxylic acids is 1. The van der Waals surface area contributed by atoms with Crippen molar-refractivity contribution < 1.29 is 9.53 Å². The Morgan fingerprint density at radius 1 is 1.14 bits per heavy atom. The molecule has 28 heavy (non-hydrogen) atoms. The fourth-order valence-electron chi connectivity index (χ4n) is 2.41. The Bertz CT molecular complexity index is 1040. The van der Waals surface area contributed by atoms with Gasteiger partial charge in [-0.3, -0.25) is 4.79 Å². The first-order chi connectivity index (χ1) is 13.5. The third-order valence-corrected chi connectivity index (χ3v) is 4.32. The third-order valence-electron chi connectivity index (χ3n) is 3.91. The highest BCUT2D eigenvalue weighted by Gasteiger charge is 2.11. The van der Waals surface area contributed by atoms with Gasteiger partial charge in [0.05, 0.1) is 24.4 Å². The minimum absolute atomic E-state index is 0.161. The molecule has 140 valence electrons. The lowest BCUT2D eigenvalue weighted by Gasteiger charge is -2.12. The zero-order chi connectivity index (χ0) is 20.1. The molecule has 0 aliphatic rings. The molecular weight excluding hydrogens is 378 g/mol. The molecule has 0 fully saturated rings. The van der Waals surface area contributed by atoms with Crippen molar-refractivity contribution in [2.45, 2.75) is 6.92 Å². The summed E-state index contributed by atoms with van der Waals surface area (Å²) >= 11 is 6.11. The SMILES string of the molecule is COc1cc(Cl)c(C)cc1Nc1ccc(C(=O)Nc2ccc(C#N)cc2)nn1. The minimum Gasteiger partial charge on any atom is -0.495 e. The molecule has 1 heterocycles. The maximum absolute atomic E-state index is 12.3. The van der Waals surface area contributed by atoms with Crippen LogP contribution in [0.2, 0.25) is 5.02 Å². The molecule has 0 saturated carbocycles. The lowest BCUT2D eigenvalue weighted by molar-refractivity contribution is 0.102. The molecule has 1 amide bonds. The van der Waals surface area contributed by atoms with Gasteiger partial charge in [0, 0.05) is 16.8 Å². The number of aromatic nitrogens is 2. The van der Waals surface area contributed by atoms with E-state index in [9.17, 15) is 4.79 Å². The number of nitriles is 1. The van der Waals surface area contributed by atoms with Gasteiger partial charge in [0.1, 0.15) is 5.75 Å². The number of hydrogen-bond donors (Lipinski definition) is 2. The predicted octanol–water partition coefficient (Wildman–Crippen LogP) is 4.31. The van der Waals surface area contributed by atoms with E-state index in [2.05, 4.69) is 20.8 Å². The van der Waals surface area contributed by atoms with Gasteiger partial charge in [-0.1, -0.05) is 11.6 Å². The van der Waals surface area contributed by atoms with E-state index < -0.39 is 5.91 Å². The monoisotopic (exact) mass is 393 g/mol. The molecule has 2 N–H and O–H groups in total. The zero-order valence-corrected chi connectivity index (χ0v) is 15.9. The standard InChI is InChI=1S/C20H16ClN5O2/c1-12-9-17(18(28-2)10-15(12)21)24-19-8-7-16(25-26-19)20(27)23-14-5-3-13(11-22)4-6-14/h3-10H,1-2H3,(H,23,27)(H,24,26). The molecule has 7 nitrogen and oxygen atoms in total. The molecular formula is C20H16ClN5O2. The summed E-state index contributed by atoms with van der Waals surface area (Å²) in [7, 11) is 1.55. The van der Waals surface area contributed by atoms with Crippen LogP contribution in [0.3, 0.4) is 0 Å². The van der Waals surface area contributed by atoms with Gasteiger partial charge < -0.3 is 15.4 Å². The molecule has 0 unspecified atom stereocenters. The first-order valence-electron chi connectivity index (χ1n) is 8.26. The number of nitrogens with one attached hydrogen (secondary N) is 2. The van der Waals surface area contributed by atoms with Crippen molar-refractivity contribution >= 4 is 34.7 Å². The van der Waals surface area contributed by atoms with Crippen LogP contribution in [0.5, 0.6) is 5.75 Å². The first-order valence-corrected chi connectivity index (χ1v) is 8.64. The average Bonchev–Trinajstić information content (AvgIpc) is 2.71. The van der Waals surface area contributed by atoms with Crippen LogP contribution in [0.1, 0.15) is 21.6 Å². The van der Waals surface area contributed by atoms with Crippen LogP contribution < -0.4 is 15.4 Å². The summed E-state index contributed by atoms with van der Waals surface area (Å²) in [5.74, 6) is 0.624. The maximum Gasteiger partial charge on any atom is 0.276 e. The number of carbonyl (C=O) groups is 1. The number of rotatable bonds is 5. The number of anilines is 3. The van der Waals surface area contributed by atoms with Crippen molar-refractivity contribution in [3.05, 3.63) is 70.4 Å². The summed E-state index contributed by atoms with van der Waals surface area (Å²) in [5, 5.41) is 23.2. The Labute approximate surface area is 166 Å². The van der Waals surface area contributed by atoms with Crippen LogP contribution in [0.4, 0.5) is 17.2 Å². The Morgan fingerprint density at radius 2 is 1.89 bits per heavy atom. The molecule has 0 saturated heterocycles. The molecule has 0 atom stereocenters. The smallest absolute Gasteiger partial charge is 0.276 e. The number of amides is 1. The van der Waals surface area contributed by atoms with Crippen molar-refractivity contribution in [3.8, 4) is 11.8 Å². The second-order valence-corrected chi connectivity index (χ2v) is 6.28. The molecule has 0 spiro atoms. The Balaban J connectivity index is 1.72. The van der Waals surface area contributed by atoms with Gasteiger partial charge in [0.2, 0.25) is 0 Å². The molecule has 3 aromatic rings. The van der Waals surface area contributed by atoms with Gasteiger partial charge in [-0.2, -0.15) is 5.26 Å². The van der Waals surface area contributed by atoms with Crippen molar-refractivity contribution in [2.75, 3.05) is 17.7 Å². The summed E-state index contributed by atoms with van der Waals surface area (Å²) in [6.07, 6.45) is 0. The number of hydrogen-bond acceptors (Lipinski definition) is 6. The van der Waals surface area contributed by atoms with Crippen LogP contribution in [-0.4, -0.2) is 23.2 Å². The largest absolute Gasteiger partial charge is 0.495 e. The van der Waals surface area contributed by atoms with E-state index in [1.165, 1.54) is 0 Å². The number of ether oxygens (including phenoxy) is 1. The van der Waals surface area contributed by atoms with Crippen molar-refractivity contribution in [1.29, 1.82) is 5.26 Å². The quantitative estimate of drug-likeness (QED) is 0.669. The zero-order valence-electron chi connectivity index (χ0n) is 15.2. The molecule has 1 aromatic heterocycles. The highest BCUT2D eigenvalue weighted by molar-refractivity contribution is 6.31. The fraction of sp³-hybridized carbons (Fsp3) is 0.100. The maximum atomic E-state index is 12.3. The minimum atomic E-state index is -0.399. The molecule has 0 aliphatic carbocycles. The number of methoxy groups -OCH3 is 1. The summed E-state index contributed by atoms with van der Waals surface area (Å²) in [6, 6.07) is 15.3. The highest BCUT2D eigenvalue weighted by Crippen LogP contribution is 2.32. The van der Waals surface area contributed by atoms with Crippen LogP contribution >= 0.6 is 11.6 Å². The van der Waals surface area contributed by atoms with E-state index in [1.54, 1.807) is 49.6 Å². The second kappa shape index (κ2) is 8.37. The van der Waals surface area contributed by atoms with Gasteiger partial charge in [-0.25, -0.2) is 0 Å². The summed E-state index contributed by atoms with van der Waals surface area (Å²) in [6.45, 7) is 1.88. The number of aryl methyl sites for hydroxylation is 1. The van der Waals surface area contributed by atoms with Gasteiger partial charge in [-0.15, -0.1) is 10.2 Å². The molecule has 3 rings (SSSR count). The Kier molecular flexibility index (Phi) is 5.72. The summed E-state index contributed by atoms with van der Waals surface area (Å²) in [4.78, 5) is 12.3. The van der Waals surface area contributed by atoms with Crippen LogP contribution in [0.15, 0.2) is 48.5 Å². The summed E-state index contributed by atoms with van der Waals surface area (Å²) in [5.41, 5.74) is 2.81. The van der Waals surface area contributed by atoms with Crippen LogP contribution in [0, 0.1) is 18.3 Å². The topological polar surface area (TPSA) is 99.9 Å². The number of benzene rings is 2. The van der Waals surface area contributed by atoms with E-state index in [4.69, 9.17) is 21.6 Å². The predicted molar refractivity (Wildman–Crippen MR) is 107 cm³/mol. The fourth-order valence-corrected chi connectivity index (χ4v) is 2.56. The Morgan fingerprint density at radius 3 is 2.50 bits per heavy atom. The third kappa shape index (κ3) is 4.37. The highest BCUT2D eigenvalue weighted by atomic mass is 35.5. The normalized spacial score (nSPS) is 10.1. The van der Waals surface area contributed by atoms with Gasteiger partial charge in [0.25, 0.3) is 5.91 Å². The number of nitrogens with zero attached hydrogens (tertiary/aromatic N) is 3. The van der Waals surface area contributed by atoms with Gasteiger partial charge in [-0.05, 0) is 55.0 Å². The van der Waals surface area contributed by atoms with E-state index in [1.807, 2.05) is 19.1 Å².